The molecule has 0 radical (unpaired) electrons. The van der Waals surface area contributed by atoms with Crippen molar-refractivity contribution in [1.82, 2.24) is 5.32 Å². The van der Waals surface area contributed by atoms with Crippen LogP contribution in [0.3, 0.4) is 0 Å². The number of amides is 1. The van der Waals surface area contributed by atoms with Gasteiger partial charge in [-0.05, 0) is 42.0 Å². The summed E-state index contributed by atoms with van der Waals surface area (Å²) in [5, 5.41) is 4.85. The van der Waals surface area contributed by atoms with Crippen molar-refractivity contribution < 1.29 is 9.21 Å². The Morgan fingerprint density at radius 1 is 1.50 bits per heavy atom. The number of hydrogen-bond donors (Lipinski definition) is 1. The minimum Gasteiger partial charge on any atom is -0.461 e. The molecule has 104 valence electrons. The molecule has 1 aliphatic carbocycles. The van der Waals surface area contributed by atoms with E-state index in [2.05, 4.69) is 12.2 Å². The second-order valence-corrected chi connectivity index (χ2v) is 6.22. The first-order valence-electron chi connectivity index (χ1n) is 6.80. The topological polar surface area (TPSA) is 42.2 Å². The molecule has 1 aliphatic rings. The summed E-state index contributed by atoms with van der Waals surface area (Å²) in [7, 11) is 0. The van der Waals surface area contributed by atoms with Crippen LogP contribution in [-0.2, 0) is 11.3 Å². The van der Waals surface area contributed by atoms with Crippen molar-refractivity contribution in [1.29, 1.82) is 0 Å². The maximum atomic E-state index is 11.7. The van der Waals surface area contributed by atoms with Crippen molar-refractivity contribution >= 4 is 23.3 Å². The third-order valence-electron chi connectivity index (χ3n) is 3.54. The Kier molecular flexibility index (Phi) is 3.74. The van der Waals surface area contributed by atoms with Crippen molar-refractivity contribution in [3.05, 3.63) is 52.1 Å². The van der Waals surface area contributed by atoms with Crippen LogP contribution >= 0.6 is 11.3 Å². The van der Waals surface area contributed by atoms with Gasteiger partial charge in [0.2, 0.25) is 5.91 Å². The molecule has 0 aromatic carbocycles. The van der Waals surface area contributed by atoms with Gasteiger partial charge in [-0.25, -0.2) is 0 Å². The Balaban J connectivity index is 1.51. The van der Waals surface area contributed by atoms with Crippen LogP contribution in [0.5, 0.6) is 0 Å². The molecule has 20 heavy (non-hydrogen) atoms. The minimum absolute atomic E-state index is 0.101. The molecule has 2 atom stereocenters. The molecule has 0 saturated heterocycles. The van der Waals surface area contributed by atoms with E-state index in [1.54, 1.807) is 17.4 Å². The zero-order valence-corrected chi connectivity index (χ0v) is 12.2. The minimum atomic E-state index is -0.101. The van der Waals surface area contributed by atoms with Crippen LogP contribution < -0.4 is 5.32 Å². The van der Waals surface area contributed by atoms with Crippen molar-refractivity contribution in [3.63, 3.8) is 0 Å². The second-order valence-electron chi connectivity index (χ2n) is 5.19. The van der Waals surface area contributed by atoms with E-state index < -0.39 is 0 Å². The smallest absolute Gasteiger partial charge is 0.244 e. The number of nitrogens with one attached hydrogen (secondary N) is 1. The molecule has 2 aromatic rings. The predicted molar refractivity (Wildman–Crippen MR) is 80.4 cm³/mol. The van der Waals surface area contributed by atoms with Crippen LogP contribution in [0.15, 0.2) is 40.1 Å². The molecule has 1 fully saturated rings. The first kappa shape index (κ1) is 13.2. The largest absolute Gasteiger partial charge is 0.461 e. The van der Waals surface area contributed by atoms with E-state index in [-0.39, 0.29) is 5.91 Å². The van der Waals surface area contributed by atoms with Gasteiger partial charge in [0.25, 0.3) is 0 Å². The van der Waals surface area contributed by atoms with Gasteiger partial charge in [-0.1, -0.05) is 13.0 Å². The Morgan fingerprint density at radius 2 is 2.35 bits per heavy atom. The van der Waals surface area contributed by atoms with Gasteiger partial charge >= 0.3 is 0 Å². The van der Waals surface area contributed by atoms with E-state index in [1.807, 2.05) is 29.6 Å². The summed E-state index contributed by atoms with van der Waals surface area (Å²) < 4.78 is 5.71. The van der Waals surface area contributed by atoms with Crippen molar-refractivity contribution in [2.24, 2.45) is 5.92 Å². The lowest BCUT2D eigenvalue weighted by Crippen LogP contribution is -2.19. The fraction of sp³-hybridized carbons (Fsp3) is 0.312. The normalized spacial score (nSPS) is 21.2. The van der Waals surface area contributed by atoms with Gasteiger partial charge < -0.3 is 9.73 Å². The van der Waals surface area contributed by atoms with Crippen LogP contribution in [0.2, 0.25) is 0 Å². The maximum Gasteiger partial charge on any atom is 0.244 e. The lowest BCUT2D eigenvalue weighted by molar-refractivity contribution is -0.116. The number of hydrogen-bond acceptors (Lipinski definition) is 3. The standard InChI is InChI=1S/C16H17NO2S/c1-11-9-14(11)15-6-4-12(19-15)5-7-16(18)17-10-13-3-2-8-20-13/h2-8,11,14H,9-10H2,1H3,(H,17,18)/b7-5+/t11-,14+/m0/s1. The van der Waals surface area contributed by atoms with Gasteiger partial charge in [0.15, 0.2) is 0 Å². The van der Waals surface area contributed by atoms with E-state index in [9.17, 15) is 4.79 Å². The highest BCUT2D eigenvalue weighted by molar-refractivity contribution is 7.09. The molecule has 0 bridgehead atoms. The van der Waals surface area contributed by atoms with Gasteiger partial charge in [0.1, 0.15) is 11.5 Å². The molecule has 4 heteroatoms. The van der Waals surface area contributed by atoms with Crippen LogP contribution in [0.25, 0.3) is 6.08 Å². The summed E-state index contributed by atoms with van der Waals surface area (Å²) in [6.07, 6.45) is 4.45. The van der Waals surface area contributed by atoms with Gasteiger partial charge in [-0.15, -0.1) is 11.3 Å². The summed E-state index contributed by atoms with van der Waals surface area (Å²) in [6, 6.07) is 7.91. The fourth-order valence-corrected chi connectivity index (χ4v) is 2.82. The van der Waals surface area contributed by atoms with Gasteiger partial charge in [-0.3, -0.25) is 4.79 Å². The summed E-state index contributed by atoms with van der Waals surface area (Å²) in [4.78, 5) is 12.8. The molecule has 2 heterocycles. The van der Waals surface area contributed by atoms with E-state index in [1.165, 1.54) is 12.5 Å². The predicted octanol–water partition coefficient (Wildman–Crippen LogP) is 3.79. The quantitative estimate of drug-likeness (QED) is 0.850. The molecular weight excluding hydrogens is 270 g/mol. The summed E-state index contributed by atoms with van der Waals surface area (Å²) in [5.74, 6) is 2.98. The maximum absolute atomic E-state index is 11.7. The first-order chi connectivity index (χ1) is 9.72. The number of carbonyl (C=O) groups excluding carboxylic acids is 1. The fourth-order valence-electron chi connectivity index (χ4n) is 2.18. The van der Waals surface area contributed by atoms with Crippen LogP contribution in [0.1, 0.15) is 35.7 Å². The number of carbonyl (C=O) groups is 1. The van der Waals surface area contributed by atoms with Crippen molar-refractivity contribution in [2.45, 2.75) is 25.8 Å². The molecule has 0 aliphatic heterocycles. The third-order valence-corrected chi connectivity index (χ3v) is 4.41. The number of furan rings is 1. The summed E-state index contributed by atoms with van der Waals surface area (Å²) >= 11 is 1.64. The molecule has 3 nitrogen and oxygen atoms in total. The molecule has 1 amide bonds. The summed E-state index contributed by atoms with van der Waals surface area (Å²) in [5.41, 5.74) is 0. The number of thiophene rings is 1. The molecule has 1 N–H and O–H groups in total. The molecular formula is C16H17NO2S. The molecule has 0 spiro atoms. The molecule has 3 rings (SSSR count). The average Bonchev–Trinajstić information content (AvgIpc) is 2.92. The lowest BCUT2D eigenvalue weighted by Gasteiger charge is -1.98. The van der Waals surface area contributed by atoms with Crippen molar-refractivity contribution in [3.8, 4) is 0 Å². The monoisotopic (exact) mass is 287 g/mol. The van der Waals surface area contributed by atoms with Gasteiger partial charge in [-0.2, -0.15) is 0 Å². The Morgan fingerprint density at radius 3 is 3.05 bits per heavy atom. The Bertz CT molecular complexity index is 612. The van der Waals surface area contributed by atoms with Crippen molar-refractivity contribution in [2.75, 3.05) is 0 Å². The second kappa shape index (κ2) is 5.67. The highest BCUT2D eigenvalue weighted by Gasteiger charge is 2.36. The molecule has 1 saturated carbocycles. The highest BCUT2D eigenvalue weighted by atomic mass is 32.1. The third kappa shape index (κ3) is 3.20. The van der Waals surface area contributed by atoms with Crippen LogP contribution in [0.4, 0.5) is 0 Å². The van der Waals surface area contributed by atoms with E-state index in [4.69, 9.17) is 4.42 Å². The van der Waals surface area contributed by atoms with E-state index >= 15 is 0 Å². The zero-order chi connectivity index (χ0) is 13.9. The highest BCUT2D eigenvalue weighted by Crippen LogP contribution is 2.47. The zero-order valence-electron chi connectivity index (χ0n) is 11.3. The Labute approximate surface area is 122 Å². The SMILES string of the molecule is C[C@H]1C[C@H]1c1ccc(/C=C/C(=O)NCc2cccs2)o1. The van der Waals surface area contributed by atoms with E-state index in [0.717, 1.165) is 22.3 Å². The Hall–Kier alpha value is -1.81. The number of rotatable bonds is 5. The van der Waals surface area contributed by atoms with Crippen LogP contribution in [-0.4, -0.2) is 5.91 Å². The molecule has 2 aromatic heterocycles. The van der Waals surface area contributed by atoms with Crippen LogP contribution in [0, 0.1) is 5.92 Å². The van der Waals surface area contributed by atoms with Gasteiger partial charge in [0.05, 0.1) is 6.54 Å². The lowest BCUT2D eigenvalue weighted by atomic mass is 10.3. The van der Waals surface area contributed by atoms with E-state index in [0.29, 0.717) is 12.5 Å². The first-order valence-corrected chi connectivity index (χ1v) is 7.68. The van der Waals surface area contributed by atoms with Gasteiger partial charge in [0, 0.05) is 16.9 Å². The average molecular weight is 287 g/mol. The summed E-state index contributed by atoms with van der Waals surface area (Å²) in [6.45, 7) is 2.80. The molecule has 0 unspecified atom stereocenters.